The Hall–Kier alpha value is -2.43. The predicted octanol–water partition coefficient (Wildman–Crippen LogP) is 3.65. The van der Waals surface area contributed by atoms with Gasteiger partial charge in [0.15, 0.2) is 0 Å². The van der Waals surface area contributed by atoms with Gasteiger partial charge in [-0.1, -0.05) is 60.7 Å². The molecule has 2 aliphatic heterocycles. The summed E-state index contributed by atoms with van der Waals surface area (Å²) in [6.45, 7) is 3.93. The van der Waals surface area contributed by atoms with Gasteiger partial charge in [-0.15, -0.1) is 0 Å². The minimum atomic E-state index is 0.310. The maximum Gasteiger partial charge on any atom is 0.0816 e. The molecule has 28 heavy (non-hydrogen) atoms. The van der Waals surface area contributed by atoms with Gasteiger partial charge in [-0.05, 0) is 49.8 Å². The normalized spacial score (nSPS) is 23.2. The molecule has 0 aliphatic carbocycles. The molecule has 2 aromatic carbocycles. The molecule has 1 fully saturated rings. The number of rotatable bonds is 6. The van der Waals surface area contributed by atoms with Gasteiger partial charge in [-0.3, -0.25) is 5.01 Å². The molecule has 0 spiro atoms. The van der Waals surface area contributed by atoms with Crippen LogP contribution in [0.25, 0.3) is 6.08 Å². The molecule has 0 saturated carbocycles. The first-order valence-electron chi connectivity index (χ1n) is 10.2. The molecule has 1 saturated heterocycles. The SMILES string of the molecule is CN(C)CCCN1N=C2C(=Cc3ccccc3)CNCC2C1c1ccccc1. The highest BCUT2D eigenvalue weighted by Gasteiger charge is 2.40. The first-order chi connectivity index (χ1) is 13.7. The fourth-order valence-corrected chi connectivity index (χ4v) is 4.26. The molecule has 4 nitrogen and oxygen atoms in total. The van der Waals surface area contributed by atoms with Gasteiger partial charge in [0.05, 0.1) is 11.8 Å². The number of hydrazone groups is 1. The smallest absolute Gasteiger partial charge is 0.0816 e. The third kappa shape index (κ3) is 4.18. The first kappa shape index (κ1) is 18.9. The lowest BCUT2D eigenvalue weighted by atomic mass is 9.84. The first-order valence-corrected chi connectivity index (χ1v) is 10.2. The van der Waals surface area contributed by atoms with Crippen molar-refractivity contribution in [2.45, 2.75) is 12.5 Å². The van der Waals surface area contributed by atoms with E-state index < -0.39 is 0 Å². The highest BCUT2D eigenvalue weighted by atomic mass is 15.5. The van der Waals surface area contributed by atoms with E-state index in [4.69, 9.17) is 5.10 Å². The molecular weight excluding hydrogens is 344 g/mol. The number of hydrogen-bond donors (Lipinski definition) is 1. The van der Waals surface area contributed by atoms with E-state index in [1.54, 1.807) is 0 Å². The summed E-state index contributed by atoms with van der Waals surface area (Å²) < 4.78 is 0. The van der Waals surface area contributed by atoms with E-state index in [0.29, 0.717) is 12.0 Å². The van der Waals surface area contributed by atoms with Gasteiger partial charge in [-0.2, -0.15) is 5.10 Å². The van der Waals surface area contributed by atoms with Crippen LogP contribution in [0, 0.1) is 5.92 Å². The number of fused-ring (bicyclic) bond motifs is 1. The average Bonchev–Trinajstić information content (AvgIpc) is 3.08. The Morgan fingerprint density at radius 1 is 1.07 bits per heavy atom. The summed E-state index contributed by atoms with van der Waals surface area (Å²) >= 11 is 0. The summed E-state index contributed by atoms with van der Waals surface area (Å²) in [5.74, 6) is 0.394. The quantitative estimate of drug-likeness (QED) is 0.837. The van der Waals surface area contributed by atoms with Crippen LogP contribution in [0.4, 0.5) is 0 Å². The molecule has 2 atom stereocenters. The fraction of sp³-hybridized carbons (Fsp3) is 0.375. The van der Waals surface area contributed by atoms with Crippen molar-refractivity contribution in [1.82, 2.24) is 15.2 Å². The van der Waals surface area contributed by atoms with Crippen molar-refractivity contribution in [2.24, 2.45) is 11.0 Å². The van der Waals surface area contributed by atoms with Crippen LogP contribution in [0.1, 0.15) is 23.6 Å². The van der Waals surface area contributed by atoms with Crippen molar-refractivity contribution in [3.8, 4) is 0 Å². The van der Waals surface area contributed by atoms with E-state index in [9.17, 15) is 0 Å². The van der Waals surface area contributed by atoms with E-state index in [1.165, 1.54) is 22.4 Å². The number of hydrogen-bond acceptors (Lipinski definition) is 4. The van der Waals surface area contributed by atoms with Crippen molar-refractivity contribution in [1.29, 1.82) is 0 Å². The molecule has 146 valence electrons. The van der Waals surface area contributed by atoms with Crippen LogP contribution in [0.3, 0.4) is 0 Å². The zero-order valence-corrected chi connectivity index (χ0v) is 16.9. The third-order valence-electron chi connectivity index (χ3n) is 5.57. The lowest BCUT2D eigenvalue weighted by Gasteiger charge is -2.31. The monoisotopic (exact) mass is 374 g/mol. The molecular formula is C24H30N4. The van der Waals surface area contributed by atoms with Crippen LogP contribution in [0.5, 0.6) is 0 Å². The summed E-state index contributed by atoms with van der Waals surface area (Å²) in [5, 5.41) is 11.1. The van der Waals surface area contributed by atoms with Crippen LogP contribution < -0.4 is 5.32 Å². The van der Waals surface area contributed by atoms with Crippen LogP contribution in [-0.2, 0) is 0 Å². The number of nitrogens with one attached hydrogen (secondary N) is 1. The van der Waals surface area contributed by atoms with Crippen LogP contribution in [0.2, 0.25) is 0 Å². The molecule has 1 N–H and O–H groups in total. The van der Waals surface area contributed by atoms with Crippen molar-refractivity contribution >= 4 is 11.8 Å². The predicted molar refractivity (Wildman–Crippen MR) is 117 cm³/mol. The fourth-order valence-electron chi connectivity index (χ4n) is 4.26. The molecule has 0 aromatic heterocycles. The molecule has 0 amide bonds. The summed E-state index contributed by atoms with van der Waals surface area (Å²) in [6.07, 6.45) is 3.41. The molecule has 2 aliphatic rings. The molecule has 2 aromatic rings. The summed E-state index contributed by atoms with van der Waals surface area (Å²) in [6, 6.07) is 21.8. The van der Waals surface area contributed by atoms with Crippen LogP contribution >= 0.6 is 0 Å². The van der Waals surface area contributed by atoms with E-state index in [2.05, 4.69) is 96.1 Å². The Bertz CT molecular complexity index is 826. The maximum absolute atomic E-state index is 5.17. The molecule has 0 radical (unpaired) electrons. The lowest BCUT2D eigenvalue weighted by molar-refractivity contribution is 0.191. The second kappa shape index (κ2) is 8.72. The second-order valence-electron chi connectivity index (χ2n) is 7.98. The lowest BCUT2D eigenvalue weighted by Crippen LogP contribution is -2.40. The Morgan fingerprint density at radius 2 is 1.79 bits per heavy atom. The summed E-state index contributed by atoms with van der Waals surface area (Å²) in [7, 11) is 4.27. The Kier molecular flexibility index (Phi) is 5.89. The molecule has 4 rings (SSSR count). The molecule has 2 heterocycles. The van der Waals surface area contributed by atoms with Gasteiger partial charge in [0.2, 0.25) is 0 Å². The number of benzene rings is 2. The standard InChI is InChI=1S/C24H30N4/c1-27(2)14-9-15-28-24(20-12-7-4-8-13-20)22-18-25-17-21(23(22)26-28)16-19-10-5-3-6-11-19/h3-8,10-13,16,22,24-25H,9,14-15,17-18H2,1-2H3. The van der Waals surface area contributed by atoms with Crippen LogP contribution in [0.15, 0.2) is 71.3 Å². The van der Waals surface area contributed by atoms with Gasteiger partial charge in [0, 0.05) is 25.6 Å². The van der Waals surface area contributed by atoms with Crippen molar-refractivity contribution in [3.05, 3.63) is 77.4 Å². The maximum atomic E-state index is 5.17. The van der Waals surface area contributed by atoms with Crippen molar-refractivity contribution < 1.29 is 0 Å². The summed E-state index contributed by atoms with van der Waals surface area (Å²) in [4.78, 5) is 2.25. The zero-order valence-electron chi connectivity index (χ0n) is 16.9. The van der Waals surface area contributed by atoms with Gasteiger partial charge in [-0.25, -0.2) is 0 Å². The highest BCUT2D eigenvalue weighted by Crippen LogP contribution is 2.39. The third-order valence-corrected chi connectivity index (χ3v) is 5.57. The van der Waals surface area contributed by atoms with E-state index in [-0.39, 0.29) is 0 Å². The van der Waals surface area contributed by atoms with E-state index >= 15 is 0 Å². The molecule has 2 unspecified atom stereocenters. The minimum absolute atomic E-state index is 0.310. The minimum Gasteiger partial charge on any atom is -0.312 e. The summed E-state index contributed by atoms with van der Waals surface area (Å²) in [5.41, 5.74) is 5.18. The van der Waals surface area contributed by atoms with Gasteiger partial charge in [0.1, 0.15) is 0 Å². The Morgan fingerprint density at radius 3 is 2.50 bits per heavy atom. The van der Waals surface area contributed by atoms with Crippen LogP contribution in [-0.4, -0.2) is 55.9 Å². The van der Waals surface area contributed by atoms with Gasteiger partial charge >= 0.3 is 0 Å². The average molecular weight is 375 g/mol. The topological polar surface area (TPSA) is 30.9 Å². The largest absolute Gasteiger partial charge is 0.312 e. The Balaban J connectivity index is 1.64. The zero-order chi connectivity index (χ0) is 19.3. The molecule has 0 bridgehead atoms. The number of piperidine rings is 1. The highest BCUT2D eigenvalue weighted by molar-refractivity contribution is 6.07. The molecule has 4 heteroatoms. The van der Waals surface area contributed by atoms with E-state index in [1.807, 2.05) is 0 Å². The number of nitrogens with zero attached hydrogens (tertiary/aromatic N) is 3. The van der Waals surface area contributed by atoms with Crippen molar-refractivity contribution in [3.63, 3.8) is 0 Å². The van der Waals surface area contributed by atoms with Gasteiger partial charge in [0.25, 0.3) is 0 Å². The van der Waals surface area contributed by atoms with Gasteiger partial charge < -0.3 is 10.2 Å². The van der Waals surface area contributed by atoms with Crippen molar-refractivity contribution in [2.75, 3.05) is 40.3 Å². The van der Waals surface area contributed by atoms with E-state index in [0.717, 1.165) is 32.6 Å². The Labute approximate surface area is 168 Å². The second-order valence-corrected chi connectivity index (χ2v) is 7.98.